The number of rotatable bonds is 5. The lowest BCUT2D eigenvalue weighted by Gasteiger charge is -2.09. The Morgan fingerprint density at radius 2 is 2.09 bits per heavy atom. The minimum Gasteiger partial charge on any atom is -0.355 e. The van der Waals surface area contributed by atoms with Gasteiger partial charge in [-0.15, -0.1) is 0 Å². The SMILES string of the molecule is CCCCNC(=O)CN(C)C. The average Bonchev–Trinajstić information content (AvgIpc) is 1.86. The first-order valence-electron chi connectivity index (χ1n) is 4.08. The van der Waals surface area contributed by atoms with Gasteiger partial charge in [0, 0.05) is 6.54 Å². The van der Waals surface area contributed by atoms with Crippen molar-refractivity contribution in [3.63, 3.8) is 0 Å². The van der Waals surface area contributed by atoms with Gasteiger partial charge in [0.15, 0.2) is 0 Å². The normalized spacial score (nSPS) is 10.2. The number of hydrogen-bond donors (Lipinski definition) is 1. The maximum Gasteiger partial charge on any atom is 0.234 e. The van der Waals surface area contributed by atoms with Crippen LogP contribution in [0.1, 0.15) is 19.8 Å². The molecule has 11 heavy (non-hydrogen) atoms. The Morgan fingerprint density at radius 3 is 2.55 bits per heavy atom. The van der Waals surface area contributed by atoms with Gasteiger partial charge >= 0.3 is 0 Å². The minimum atomic E-state index is 0.114. The van der Waals surface area contributed by atoms with Crippen LogP contribution in [0, 0.1) is 0 Å². The van der Waals surface area contributed by atoms with Crippen molar-refractivity contribution in [2.45, 2.75) is 19.8 Å². The quantitative estimate of drug-likeness (QED) is 0.590. The van der Waals surface area contributed by atoms with Crippen molar-refractivity contribution in [3.05, 3.63) is 0 Å². The van der Waals surface area contributed by atoms with Crippen LogP contribution in [0.4, 0.5) is 0 Å². The summed E-state index contributed by atoms with van der Waals surface area (Å²) < 4.78 is 0. The molecule has 0 bridgehead atoms. The fraction of sp³-hybridized carbons (Fsp3) is 0.875. The van der Waals surface area contributed by atoms with Crippen LogP contribution in [0.3, 0.4) is 0 Å². The standard InChI is InChI=1S/C8H18N2O/c1-4-5-6-9-8(11)7-10(2)3/h4-7H2,1-3H3,(H,9,11). The summed E-state index contributed by atoms with van der Waals surface area (Å²) in [6, 6.07) is 0. The highest BCUT2D eigenvalue weighted by Crippen LogP contribution is 1.82. The van der Waals surface area contributed by atoms with Crippen molar-refractivity contribution >= 4 is 5.91 Å². The monoisotopic (exact) mass is 158 g/mol. The van der Waals surface area contributed by atoms with E-state index in [4.69, 9.17) is 0 Å². The third-order valence-electron chi connectivity index (χ3n) is 1.31. The fourth-order valence-corrected chi connectivity index (χ4v) is 0.748. The molecule has 66 valence electrons. The van der Waals surface area contributed by atoms with Gasteiger partial charge in [-0.3, -0.25) is 4.79 Å². The molecule has 0 unspecified atom stereocenters. The van der Waals surface area contributed by atoms with Crippen molar-refractivity contribution in [2.75, 3.05) is 27.2 Å². The maximum absolute atomic E-state index is 11.0. The van der Waals surface area contributed by atoms with Crippen molar-refractivity contribution in [1.82, 2.24) is 10.2 Å². The molecule has 0 aromatic heterocycles. The molecule has 0 saturated heterocycles. The van der Waals surface area contributed by atoms with Crippen molar-refractivity contribution in [1.29, 1.82) is 0 Å². The lowest BCUT2D eigenvalue weighted by atomic mass is 10.3. The Balaban J connectivity index is 3.23. The average molecular weight is 158 g/mol. The molecule has 0 heterocycles. The Labute approximate surface area is 68.8 Å². The van der Waals surface area contributed by atoms with Gasteiger partial charge in [-0.25, -0.2) is 0 Å². The molecule has 1 N–H and O–H groups in total. The lowest BCUT2D eigenvalue weighted by Crippen LogP contribution is -2.33. The molecule has 0 aliphatic rings. The van der Waals surface area contributed by atoms with Gasteiger partial charge < -0.3 is 10.2 Å². The molecular formula is C8H18N2O. The van der Waals surface area contributed by atoms with E-state index in [0.29, 0.717) is 6.54 Å². The first-order chi connectivity index (χ1) is 5.16. The number of nitrogens with zero attached hydrogens (tertiary/aromatic N) is 1. The molecule has 0 rings (SSSR count). The van der Waals surface area contributed by atoms with Gasteiger partial charge in [-0.1, -0.05) is 13.3 Å². The maximum atomic E-state index is 11.0. The highest BCUT2D eigenvalue weighted by atomic mass is 16.1. The van der Waals surface area contributed by atoms with Crippen LogP contribution in [-0.2, 0) is 4.79 Å². The van der Waals surface area contributed by atoms with Gasteiger partial charge in [-0.05, 0) is 20.5 Å². The van der Waals surface area contributed by atoms with E-state index >= 15 is 0 Å². The Kier molecular flexibility index (Phi) is 5.84. The van der Waals surface area contributed by atoms with Crippen molar-refractivity contribution in [3.8, 4) is 0 Å². The van der Waals surface area contributed by atoms with Crippen LogP contribution in [0.5, 0.6) is 0 Å². The molecule has 0 aromatic rings. The fourth-order valence-electron chi connectivity index (χ4n) is 0.748. The smallest absolute Gasteiger partial charge is 0.234 e. The molecule has 0 aliphatic heterocycles. The van der Waals surface area contributed by atoms with E-state index in [2.05, 4.69) is 12.2 Å². The predicted octanol–water partition coefficient (Wildman–Crippen LogP) is 0.464. The Morgan fingerprint density at radius 1 is 1.45 bits per heavy atom. The summed E-state index contributed by atoms with van der Waals surface area (Å²) in [4.78, 5) is 12.8. The molecule has 0 saturated carbocycles. The van der Waals surface area contributed by atoms with Crippen molar-refractivity contribution < 1.29 is 4.79 Å². The van der Waals surface area contributed by atoms with Gasteiger partial charge in [-0.2, -0.15) is 0 Å². The number of nitrogens with one attached hydrogen (secondary N) is 1. The van der Waals surface area contributed by atoms with Crippen LogP contribution >= 0.6 is 0 Å². The summed E-state index contributed by atoms with van der Waals surface area (Å²) >= 11 is 0. The molecule has 0 fully saturated rings. The third kappa shape index (κ3) is 7.33. The van der Waals surface area contributed by atoms with Crippen LogP contribution in [0.15, 0.2) is 0 Å². The zero-order chi connectivity index (χ0) is 8.69. The topological polar surface area (TPSA) is 32.3 Å². The molecule has 0 spiro atoms. The molecule has 0 atom stereocenters. The van der Waals surface area contributed by atoms with E-state index in [1.54, 1.807) is 0 Å². The molecular weight excluding hydrogens is 140 g/mol. The first-order valence-corrected chi connectivity index (χ1v) is 4.08. The van der Waals surface area contributed by atoms with E-state index < -0.39 is 0 Å². The summed E-state index contributed by atoms with van der Waals surface area (Å²) in [5, 5.41) is 2.83. The Bertz CT molecular complexity index is 113. The predicted molar refractivity (Wildman–Crippen MR) is 46.5 cm³/mol. The summed E-state index contributed by atoms with van der Waals surface area (Å²) in [5.74, 6) is 0.114. The largest absolute Gasteiger partial charge is 0.355 e. The molecule has 3 heteroatoms. The number of likely N-dealkylation sites (N-methyl/N-ethyl adjacent to an activating group) is 1. The van der Waals surface area contributed by atoms with E-state index in [1.165, 1.54) is 0 Å². The van der Waals surface area contributed by atoms with Crippen LogP contribution < -0.4 is 5.32 Å². The second-order valence-corrected chi connectivity index (χ2v) is 2.94. The van der Waals surface area contributed by atoms with Gasteiger partial charge in [0.2, 0.25) is 5.91 Å². The number of carbonyl (C=O) groups is 1. The summed E-state index contributed by atoms with van der Waals surface area (Å²) in [7, 11) is 3.78. The van der Waals surface area contributed by atoms with Crippen LogP contribution in [0.2, 0.25) is 0 Å². The van der Waals surface area contributed by atoms with Gasteiger partial charge in [0.25, 0.3) is 0 Å². The van der Waals surface area contributed by atoms with Crippen LogP contribution in [-0.4, -0.2) is 38.0 Å². The Hall–Kier alpha value is -0.570. The second kappa shape index (κ2) is 6.16. The third-order valence-corrected chi connectivity index (χ3v) is 1.31. The van der Waals surface area contributed by atoms with Gasteiger partial charge in [0.1, 0.15) is 0 Å². The zero-order valence-electron chi connectivity index (χ0n) is 7.68. The molecule has 0 aliphatic carbocycles. The van der Waals surface area contributed by atoms with E-state index in [1.807, 2.05) is 19.0 Å². The lowest BCUT2D eigenvalue weighted by molar-refractivity contribution is -0.121. The number of hydrogen-bond acceptors (Lipinski definition) is 2. The minimum absolute atomic E-state index is 0.114. The molecule has 1 amide bonds. The van der Waals surface area contributed by atoms with Gasteiger partial charge in [0.05, 0.1) is 6.54 Å². The number of unbranched alkanes of at least 4 members (excludes halogenated alkanes) is 1. The summed E-state index contributed by atoms with van der Waals surface area (Å²) in [6.45, 7) is 3.41. The zero-order valence-corrected chi connectivity index (χ0v) is 7.68. The van der Waals surface area contributed by atoms with E-state index in [9.17, 15) is 4.79 Å². The highest BCUT2D eigenvalue weighted by molar-refractivity contribution is 5.77. The number of amides is 1. The molecule has 0 radical (unpaired) electrons. The second-order valence-electron chi connectivity index (χ2n) is 2.94. The molecule has 0 aromatic carbocycles. The van der Waals surface area contributed by atoms with Crippen molar-refractivity contribution in [2.24, 2.45) is 0 Å². The summed E-state index contributed by atoms with van der Waals surface area (Å²) in [6.07, 6.45) is 2.20. The van der Waals surface area contributed by atoms with Crippen LogP contribution in [0.25, 0.3) is 0 Å². The first kappa shape index (κ1) is 10.4. The number of carbonyl (C=O) groups excluding carboxylic acids is 1. The molecule has 3 nitrogen and oxygen atoms in total. The summed E-state index contributed by atoms with van der Waals surface area (Å²) in [5.41, 5.74) is 0. The highest BCUT2D eigenvalue weighted by Gasteiger charge is 1.99. The van der Waals surface area contributed by atoms with E-state index in [-0.39, 0.29) is 5.91 Å². The van der Waals surface area contributed by atoms with E-state index in [0.717, 1.165) is 19.4 Å².